The van der Waals surface area contributed by atoms with E-state index in [2.05, 4.69) is 17.2 Å². The SMILES string of the molecule is Cc1ccc(C#CCO)cc1C(=O)NC1CCCSC1. The average molecular weight is 289 g/mol. The average Bonchev–Trinajstić information content (AvgIpc) is 2.47. The van der Waals surface area contributed by atoms with Crippen LogP contribution in [0.15, 0.2) is 18.2 Å². The molecule has 3 nitrogen and oxygen atoms in total. The Morgan fingerprint density at radius 3 is 3.10 bits per heavy atom. The predicted octanol–water partition coefficient (Wildman–Crippen LogP) is 1.96. The summed E-state index contributed by atoms with van der Waals surface area (Å²) < 4.78 is 0. The van der Waals surface area contributed by atoms with E-state index in [0.717, 1.165) is 29.7 Å². The van der Waals surface area contributed by atoms with Gasteiger partial charge in [0.05, 0.1) is 0 Å². The molecule has 0 aromatic heterocycles. The molecular weight excluding hydrogens is 270 g/mol. The summed E-state index contributed by atoms with van der Waals surface area (Å²) in [4.78, 5) is 12.3. The third-order valence-electron chi connectivity index (χ3n) is 3.29. The molecule has 1 aromatic carbocycles. The van der Waals surface area contributed by atoms with Gasteiger partial charge in [-0.05, 0) is 43.2 Å². The van der Waals surface area contributed by atoms with Crippen LogP contribution in [0.2, 0.25) is 0 Å². The van der Waals surface area contributed by atoms with Gasteiger partial charge in [0.15, 0.2) is 0 Å². The fourth-order valence-electron chi connectivity index (χ4n) is 2.20. The van der Waals surface area contributed by atoms with E-state index in [1.165, 1.54) is 5.75 Å². The van der Waals surface area contributed by atoms with Crippen molar-refractivity contribution in [3.63, 3.8) is 0 Å². The fraction of sp³-hybridized carbons (Fsp3) is 0.438. The summed E-state index contributed by atoms with van der Waals surface area (Å²) in [6.07, 6.45) is 2.22. The third kappa shape index (κ3) is 4.03. The van der Waals surface area contributed by atoms with Crippen molar-refractivity contribution >= 4 is 17.7 Å². The Kier molecular flexibility index (Phi) is 5.51. The normalized spacial score (nSPS) is 18.0. The molecule has 4 heteroatoms. The van der Waals surface area contributed by atoms with Crippen LogP contribution in [-0.2, 0) is 0 Å². The lowest BCUT2D eigenvalue weighted by atomic mass is 10.0. The summed E-state index contributed by atoms with van der Waals surface area (Å²) in [5.74, 6) is 7.60. The standard InChI is InChI=1S/C16H19NO2S/c1-12-6-7-13(4-2-8-18)10-15(12)16(19)17-14-5-3-9-20-11-14/h6-7,10,14,18H,3,5,8-9,11H2,1H3,(H,17,19). The number of amides is 1. The minimum atomic E-state index is -0.172. The summed E-state index contributed by atoms with van der Waals surface area (Å²) in [5.41, 5.74) is 2.37. The van der Waals surface area contributed by atoms with E-state index in [1.807, 2.05) is 30.8 Å². The van der Waals surface area contributed by atoms with Crippen molar-refractivity contribution in [2.24, 2.45) is 0 Å². The van der Waals surface area contributed by atoms with Gasteiger partial charge < -0.3 is 10.4 Å². The molecule has 1 saturated heterocycles. The number of aryl methyl sites for hydroxylation is 1. The van der Waals surface area contributed by atoms with Gasteiger partial charge in [0.1, 0.15) is 6.61 Å². The zero-order chi connectivity index (χ0) is 14.4. The monoisotopic (exact) mass is 289 g/mol. The van der Waals surface area contributed by atoms with Crippen molar-refractivity contribution in [3.05, 3.63) is 34.9 Å². The summed E-state index contributed by atoms with van der Waals surface area (Å²) in [6.45, 7) is 1.75. The van der Waals surface area contributed by atoms with Gasteiger partial charge in [0.25, 0.3) is 5.91 Å². The van der Waals surface area contributed by atoms with Crippen molar-refractivity contribution in [1.82, 2.24) is 5.32 Å². The highest BCUT2D eigenvalue weighted by molar-refractivity contribution is 7.99. The van der Waals surface area contributed by atoms with Crippen molar-refractivity contribution in [3.8, 4) is 11.8 Å². The number of thioether (sulfide) groups is 1. The summed E-state index contributed by atoms with van der Waals surface area (Å²) in [7, 11) is 0. The van der Waals surface area contributed by atoms with E-state index in [1.54, 1.807) is 6.07 Å². The third-order valence-corrected chi connectivity index (χ3v) is 4.50. The van der Waals surface area contributed by atoms with Gasteiger partial charge >= 0.3 is 0 Å². The second-order valence-electron chi connectivity index (χ2n) is 4.88. The molecule has 1 fully saturated rings. The Labute approximate surface area is 124 Å². The number of carbonyl (C=O) groups is 1. The zero-order valence-corrected chi connectivity index (χ0v) is 12.4. The van der Waals surface area contributed by atoms with Crippen LogP contribution in [0.4, 0.5) is 0 Å². The van der Waals surface area contributed by atoms with Crippen LogP contribution in [0, 0.1) is 18.8 Å². The summed E-state index contributed by atoms with van der Waals surface area (Å²) in [6, 6.07) is 5.83. The molecule has 0 radical (unpaired) electrons. The first-order chi connectivity index (χ1) is 9.70. The molecule has 2 N–H and O–H groups in total. The number of nitrogens with one attached hydrogen (secondary N) is 1. The molecular formula is C16H19NO2S. The number of benzene rings is 1. The summed E-state index contributed by atoms with van der Waals surface area (Å²) in [5, 5.41) is 11.8. The van der Waals surface area contributed by atoms with Crippen molar-refractivity contribution < 1.29 is 9.90 Å². The van der Waals surface area contributed by atoms with E-state index < -0.39 is 0 Å². The predicted molar refractivity (Wildman–Crippen MR) is 83.0 cm³/mol. The molecule has 1 heterocycles. The molecule has 106 valence electrons. The van der Waals surface area contributed by atoms with Gasteiger partial charge in [-0.25, -0.2) is 0 Å². The lowest BCUT2D eigenvalue weighted by Crippen LogP contribution is -2.38. The molecule has 1 aliphatic rings. The number of rotatable bonds is 2. The Hall–Kier alpha value is -1.44. The van der Waals surface area contributed by atoms with Gasteiger partial charge in [-0.2, -0.15) is 11.8 Å². The van der Waals surface area contributed by atoms with Crippen LogP contribution in [-0.4, -0.2) is 35.2 Å². The smallest absolute Gasteiger partial charge is 0.251 e. The van der Waals surface area contributed by atoms with E-state index in [9.17, 15) is 4.79 Å². The van der Waals surface area contributed by atoms with Crippen molar-refractivity contribution in [1.29, 1.82) is 0 Å². The van der Waals surface area contributed by atoms with Crippen molar-refractivity contribution in [2.45, 2.75) is 25.8 Å². The van der Waals surface area contributed by atoms with E-state index in [-0.39, 0.29) is 18.6 Å². The first kappa shape index (κ1) is 15.0. The van der Waals surface area contributed by atoms with Gasteiger partial charge in [0, 0.05) is 22.9 Å². The van der Waals surface area contributed by atoms with Gasteiger partial charge in [0.2, 0.25) is 0 Å². The Bertz CT molecular complexity index is 539. The molecule has 20 heavy (non-hydrogen) atoms. The van der Waals surface area contributed by atoms with Crippen LogP contribution in [0.1, 0.15) is 34.3 Å². The first-order valence-corrected chi connectivity index (χ1v) is 7.95. The van der Waals surface area contributed by atoms with Crippen LogP contribution in [0.3, 0.4) is 0 Å². The summed E-state index contributed by atoms with van der Waals surface area (Å²) >= 11 is 1.89. The molecule has 2 rings (SSSR count). The van der Waals surface area contributed by atoms with Crippen LogP contribution in [0.5, 0.6) is 0 Å². The highest BCUT2D eigenvalue weighted by Crippen LogP contribution is 2.18. The molecule has 0 aliphatic carbocycles. The number of carbonyl (C=O) groups excluding carboxylic acids is 1. The molecule has 0 spiro atoms. The first-order valence-electron chi connectivity index (χ1n) is 6.79. The molecule has 1 unspecified atom stereocenters. The molecule has 1 amide bonds. The Morgan fingerprint density at radius 2 is 2.40 bits per heavy atom. The van der Waals surface area contributed by atoms with Crippen molar-refractivity contribution in [2.75, 3.05) is 18.1 Å². The number of hydrogen-bond donors (Lipinski definition) is 2. The zero-order valence-electron chi connectivity index (χ0n) is 11.6. The minimum Gasteiger partial charge on any atom is -0.384 e. The highest BCUT2D eigenvalue weighted by atomic mass is 32.2. The van der Waals surface area contributed by atoms with E-state index in [4.69, 9.17) is 5.11 Å². The number of aliphatic hydroxyl groups excluding tert-OH is 1. The second kappa shape index (κ2) is 7.37. The maximum Gasteiger partial charge on any atom is 0.251 e. The van der Waals surface area contributed by atoms with Crippen LogP contribution < -0.4 is 5.32 Å². The molecule has 1 aliphatic heterocycles. The number of hydrogen-bond acceptors (Lipinski definition) is 3. The molecule has 1 aromatic rings. The maximum atomic E-state index is 12.3. The Morgan fingerprint density at radius 1 is 1.55 bits per heavy atom. The fourth-order valence-corrected chi connectivity index (χ4v) is 3.28. The van der Waals surface area contributed by atoms with Crippen LogP contribution in [0.25, 0.3) is 0 Å². The minimum absolute atomic E-state index is 0.0253. The molecule has 1 atom stereocenters. The topological polar surface area (TPSA) is 49.3 Å². The molecule has 0 saturated carbocycles. The quantitative estimate of drug-likeness (QED) is 0.818. The highest BCUT2D eigenvalue weighted by Gasteiger charge is 2.18. The molecule has 0 bridgehead atoms. The Balaban J connectivity index is 2.11. The lowest BCUT2D eigenvalue weighted by Gasteiger charge is -2.22. The van der Waals surface area contributed by atoms with E-state index >= 15 is 0 Å². The van der Waals surface area contributed by atoms with Gasteiger partial charge in [-0.3, -0.25) is 4.79 Å². The van der Waals surface area contributed by atoms with Crippen LogP contribution >= 0.6 is 11.8 Å². The number of aliphatic hydroxyl groups is 1. The lowest BCUT2D eigenvalue weighted by molar-refractivity contribution is 0.0938. The second-order valence-corrected chi connectivity index (χ2v) is 6.03. The maximum absolute atomic E-state index is 12.3. The van der Waals surface area contributed by atoms with Gasteiger partial charge in [-0.1, -0.05) is 17.9 Å². The largest absolute Gasteiger partial charge is 0.384 e. The van der Waals surface area contributed by atoms with E-state index in [0.29, 0.717) is 5.56 Å². The van der Waals surface area contributed by atoms with Gasteiger partial charge in [-0.15, -0.1) is 0 Å².